The molecule has 0 bridgehead atoms. The monoisotopic (exact) mass is 413 g/mol. The zero-order valence-electron chi connectivity index (χ0n) is 15.8. The van der Waals surface area contributed by atoms with E-state index in [9.17, 15) is 4.79 Å². The van der Waals surface area contributed by atoms with Crippen LogP contribution in [0.2, 0.25) is 5.02 Å². The fourth-order valence-electron chi connectivity index (χ4n) is 3.24. The largest absolute Gasteiger partial charge is 0.497 e. The summed E-state index contributed by atoms with van der Waals surface area (Å²) in [5.41, 5.74) is 0.834. The number of methoxy groups -OCH3 is 1. The van der Waals surface area contributed by atoms with E-state index in [0.717, 1.165) is 30.7 Å². The molecule has 1 saturated heterocycles. The topological polar surface area (TPSA) is 93.4 Å². The standard InChI is InChI=1S/C20H20ClN5O3/c1-28-16-7-4-13(5-8-16)18-24-20(29-25-18)26-10-2-3-14(12-26)19(27)23-17-9-6-15(21)11-22-17/h4-9,11,14H,2-3,10,12H2,1H3,(H,22,23,27). The predicted octanol–water partition coefficient (Wildman–Crippen LogP) is 3.65. The second-order valence-electron chi connectivity index (χ2n) is 6.77. The Labute approximate surface area is 172 Å². The first kappa shape index (κ1) is 19.2. The maximum Gasteiger partial charge on any atom is 0.324 e. The smallest absolute Gasteiger partial charge is 0.324 e. The Morgan fingerprint density at radius 3 is 2.83 bits per heavy atom. The molecule has 1 aromatic carbocycles. The SMILES string of the molecule is COc1ccc(-c2noc(N3CCCC(C(=O)Nc4ccc(Cl)cn4)C3)n2)cc1. The van der Waals surface area contributed by atoms with Crippen LogP contribution in [0.1, 0.15) is 12.8 Å². The number of halogens is 1. The van der Waals surface area contributed by atoms with E-state index in [2.05, 4.69) is 20.4 Å². The lowest BCUT2D eigenvalue weighted by atomic mass is 9.97. The van der Waals surface area contributed by atoms with Crippen LogP contribution in [-0.2, 0) is 4.79 Å². The van der Waals surface area contributed by atoms with Crippen LogP contribution < -0.4 is 15.0 Å². The molecule has 1 amide bonds. The van der Waals surface area contributed by atoms with Crippen molar-refractivity contribution in [2.45, 2.75) is 12.8 Å². The zero-order chi connectivity index (χ0) is 20.2. The molecule has 1 atom stereocenters. The maximum absolute atomic E-state index is 12.6. The first-order valence-corrected chi connectivity index (χ1v) is 9.65. The molecule has 3 heterocycles. The van der Waals surface area contributed by atoms with Crippen LogP contribution in [-0.4, -0.2) is 41.2 Å². The van der Waals surface area contributed by atoms with Gasteiger partial charge in [0.1, 0.15) is 11.6 Å². The Bertz CT molecular complexity index is 975. The predicted molar refractivity (Wildman–Crippen MR) is 109 cm³/mol. The van der Waals surface area contributed by atoms with Crippen molar-refractivity contribution in [3.63, 3.8) is 0 Å². The molecule has 4 rings (SSSR count). The highest BCUT2D eigenvalue weighted by Crippen LogP contribution is 2.26. The number of hydrogen-bond donors (Lipinski definition) is 1. The highest BCUT2D eigenvalue weighted by Gasteiger charge is 2.29. The summed E-state index contributed by atoms with van der Waals surface area (Å²) in [7, 11) is 1.62. The van der Waals surface area contributed by atoms with Gasteiger partial charge in [-0.1, -0.05) is 16.8 Å². The van der Waals surface area contributed by atoms with E-state index >= 15 is 0 Å². The minimum atomic E-state index is -0.197. The summed E-state index contributed by atoms with van der Waals surface area (Å²) in [5.74, 6) is 1.46. The summed E-state index contributed by atoms with van der Waals surface area (Å²) in [5, 5.41) is 7.43. The number of ether oxygens (including phenoxy) is 1. The molecule has 29 heavy (non-hydrogen) atoms. The van der Waals surface area contributed by atoms with E-state index in [1.54, 1.807) is 19.2 Å². The van der Waals surface area contributed by atoms with Crippen molar-refractivity contribution in [2.75, 3.05) is 30.4 Å². The van der Waals surface area contributed by atoms with Crippen molar-refractivity contribution in [1.29, 1.82) is 0 Å². The van der Waals surface area contributed by atoms with Gasteiger partial charge in [-0.05, 0) is 49.2 Å². The molecule has 8 nitrogen and oxygen atoms in total. The van der Waals surface area contributed by atoms with E-state index < -0.39 is 0 Å². The molecule has 0 aliphatic carbocycles. The Hall–Kier alpha value is -3.13. The summed E-state index contributed by atoms with van der Waals surface area (Å²) in [6.07, 6.45) is 3.14. The lowest BCUT2D eigenvalue weighted by molar-refractivity contribution is -0.120. The molecule has 1 fully saturated rings. The summed E-state index contributed by atoms with van der Waals surface area (Å²) in [4.78, 5) is 23.2. The fraction of sp³-hybridized carbons (Fsp3) is 0.300. The molecule has 1 aliphatic rings. The minimum Gasteiger partial charge on any atom is -0.497 e. The summed E-state index contributed by atoms with van der Waals surface area (Å²) in [6.45, 7) is 1.26. The maximum atomic E-state index is 12.6. The zero-order valence-corrected chi connectivity index (χ0v) is 16.6. The van der Waals surface area contributed by atoms with Gasteiger partial charge in [0, 0.05) is 24.8 Å². The Morgan fingerprint density at radius 1 is 1.28 bits per heavy atom. The van der Waals surface area contributed by atoms with Crippen molar-refractivity contribution >= 4 is 29.3 Å². The molecule has 9 heteroatoms. The molecule has 3 aromatic rings. The molecule has 1 unspecified atom stereocenters. The third kappa shape index (κ3) is 4.48. The number of piperidine rings is 1. The third-order valence-electron chi connectivity index (χ3n) is 4.80. The summed E-state index contributed by atoms with van der Waals surface area (Å²) in [6, 6.07) is 11.2. The lowest BCUT2D eigenvalue weighted by Crippen LogP contribution is -2.41. The van der Waals surface area contributed by atoms with Crippen LogP contribution in [0.5, 0.6) is 5.75 Å². The van der Waals surface area contributed by atoms with Crippen LogP contribution >= 0.6 is 11.6 Å². The highest BCUT2D eigenvalue weighted by molar-refractivity contribution is 6.30. The molecular weight excluding hydrogens is 394 g/mol. The van der Waals surface area contributed by atoms with Crippen molar-refractivity contribution in [1.82, 2.24) is 15.1 Å². The number of nitrogens with zero attached hydrogens (tertiary/aromatic N) is 4. The van der Waals surface area contributed by atoms with Gasteiger partial charge in [-0.15, -0.1) is 0 Å². The van der Waals surface area contributed by atoms with Gasteiger partial charge < -0.3 is 19.5 Å². The Balaban J connectivity index is 1.42. The normalized spacial score (nSPS) is 16.5. The second kappa shape index (κ2) is 8.48. The van der Waals surface area contributed by atoms with Gasteiger partial charge in [-0.25, -0.2) is 4.98 Å². The number of benzene rings is 1. The third-order valence-corrected chi connectivity index (χ3v) is 5.03. The molecule has 0 spiro atoms. The number of rotatable bonds is 5. The van der Waals surface area contributed by atoms with Crippen LogP contribution in [0.25, 0.3) is 11.4 Å². The number of hydrogen-bond acceptors (Lipinski definition) is 7. The van der Waals surface area contributed by atoms with Gasteiger partial charge in [0.2, 0.25) is 11.7 Å². The summed E-state index contributed by atoms with van der Waals surface area (Å²) >= 11 is 5.83. The van der Waals surface area contributed by atoms with E-state index in [1.807, 2.05) is 29.2 Å². The number of carbonyl (C=O) groups excluding carboxylic acids is 1. The van der Waals surface area contributed by atoms with Crippen LogP contribution in [0.15, 0.2) is 47.1 Å². The van der Waals surface area contributed by atoms with Gasteiger partial charge in [0.25, 0.3) is 0 Å². The van der Waals surface area contributed by atoms with E-state index in [1.165, 1.54) is 6.20 Å². The first-order valence-electron chi connectivity index (χ1n) is 9.28. The molecule has 150 valence electrons. The number of amides is 1. The van der Waals surface area contributed by atoms with Gasteiger partial charge in [0.05, 0.1) is 18.1 Å². The van der Waals surface area contributed by atoms with Gasteiger partial charge >= 0.3 is 6.01 Å². The van der Waals surface area contributed by atoms with Crippen molar-refractivity contribution in [3.05, 3.63) is 47.6 Å². The Kier molecular flexibility index (Phi) is 5.62. The van der Waals surface area contributed by atoms with Crippen molar-refractivity contribution in [3.8, 4) is 17.1 Å². The lowest BCUT2D eigenvalue weighted by Gasteiger charge is -2.30. The Morgan fingerprint density at radius 2 is 2.10 bits per heavy atom. The highest BCUT2D eigenvalue weighted by atomic mass is 35.5. The number of carbonyl (C=O) groups is 1. The fourth-order valence-corrected chi connectivity index (χ4v) is 3.36. The van der Waals surface area contributed by atoms with E-state index in [4.69, 9.17) is 20.9 Å². The average molecular weight is 414 g/mol. The van der Waals surface area contributed by atoms with Crippen LogP contribution in [0.4, 0.5) is 11.8 Å². The number of aromatic nitrogens is 3. The molecule has 1 N–H and O–H groups in total. The molecule has 0 radical (unpaired) electrons. The molecule has 0 saturated carbocycles. The number of pyridine rings is 1. The van der Waals surface area contributed by atoms with Gasteiger partial charge in [0.15, 0.2) is 0 Å². The van der Waals surface area contributed by atoms with Gasteiger partial charge in [-0.3, -0.25) is 4.79 Å². The minimum absolute atomic E-state index is 0.0839. The van der Waals surface area contributed by atoms with Crippen molar-refractivity contribution in [2.24, 2.45) is 5.92 Å². The van der Waals surface area contributed by atoms with Gasteiger partial charge in [-0.2, -0.15) is 4.98 Å². The number of nitrogens with one attached hydrogen (secondary N) is 1. The second-order valence-corrected chi connectivity index (χ2v) is 7.20. The first-order chi connectivity index (χ1) is 14.1. The quantitative estimate of drug-likeness (QED) is 0.682. The molecular formula is C20H20ClN5O3. The molecule has 2 aromatic heterocycles. The number of anilines is 2. The van der Waals surface area contributed by atoms with E-state index in [-0.39, 0.29) is 11.8 Å². The average Bonchev–Trinajstić information content (AvgIpc) is 3.26. The van der Waals surface area contributed by atoms with Crippen LogP contribution in [0, 0.1) is 5.92 Å². The van der Waals surface area contributed by atoms with Crippen LogP contribution in [0.3, 0.4) is 0 Å². The molecule has 1 aliphatic heterocycles. The summed E-state index contributed by atoms with van der Waals surface area (Å²) < 4.78 is 10.6. The van der Waals surface area contributed by atoms with Crippen molar-refractivity contribution < 1.29 is 14.1 Å². The van der Waals surface area contributed by atoms with E-state index in [0.29, 0.717) is 29.2 Å².